The molecule has 0 saturated carbocycles. The maximum absolute atomic E-state index is 12.1. The van der Waals surface area contributed by atoms with E-state index in [1.54, 1.807) is 23.4 Å². The van der Waals surface area contributed by atoms with E-state index in [9.17, 15) is 4.79 Å². The first-order chi connectivity index (χ1) is 10.8. The van der Waals surface area contributed by atoms with E-state index in [-0.39, 0.29) is 12.1 Å². The van der Waals surface area contributed by atoms with Gasteiger partial charge in [-0.25, -0.2) is 14.8 Å². The fourth-order valence-electron chi connectivity index (χ4n) is 2.39. The quantitative estimate of drug-likeness (QED) is 0.935. The molecule has 3 rings (SSSR count). The molecule has 0 spiro atoms. The Hall–Kier alpha value is -2.63. The lowest BCUT2D eigenvalue weighted by Crippen LogP contribution is -2.39. The molecule has 2 amide bonds. The number of hydrogen-bond donors (Lipinski definition) is 1. The molecule has 0 aliphatic carbocycles. The van der Waals surface area contributed by atoms with Crippen molar-refractivity contribution in [2.24, 2.45) is 0 Å². The molecule has 0 bridgehead atoms. The first-order valence-corrected chi connectivity index (χ1v) is 7.31. The Bertz CT molecular complexity index is 606. The molecule has 1 saturated heterocycles. The Balaban J connectivity index is 1.46. The molecular weight excluding hydrogens is 280 g/mol. The molecule has 2 aromatic rings. The molecule has 0 radical (unpaired) electrons. The van der Waals surface area contributed by atoms with Gasteiger partial charge in [0.05, 0.1) is 6.54 Å². The number of ether oxygens (including phenoxy) is 1. The maximum atomic E-state index is 12.1. The lowest BCUT2D eigenvalue weighted by atomic mass is 10.2. The van der Waals surface area contributed by atoms with Gasteiger partial charge in [-0.15, -0.1) is 0 Å². The summed E-state index contributed by atoms with van der Waals surface area (Å²) >= 11 is 0. The molecule has 2 heterocycles. The summed E-state index contributed by atoms with van der Waals surface area (Å²) in [6.07, 6.45) is 4.02. The van der Waals surface area contributed by atoms with E-state index in [0.717, 1.165) is 12.0 Å². The average molecular weight is 298 g/mol. The van der Waals surface area contributed by atoms with Gasteiger partial charge in [0.2, 0.25) is 0 Å². The number of carbonyl (C=O) groups is 1. The van der Waals surface area contributed by atoms with E-state index in [1.165, 1.54) is 0 Å². The molecule has 1 aliphatic rings. The smallest absolute Gasteiger partial charge is 0.317 e. The number of nitrogens with zero attached hydrogens (tertiary/aromatic N) is 3. The third-order valence-corrected chi connectivity index (χ3v) is 3.53. The van der Waals surface area contributed by atoms with Crippen molar-refractivity contribution in [2.75, 3.05) is 13.1 Å². The SMILES string of the molecule is O=C(NCc1ccccc1)N1CC[C@H](Oc2ncccn2)C1. The molecule has 6 nitrogen and oxygen atoms in total. The van der Waals surface area contributed by atoms with Crippen molar-refractivity contribution in [1.82, 2.24) is 20.2 Å². The Morgan fingerprint density at radius 2 is 2.00 bits per heavy atom. The maximum Gasteiger partial charge on any atom is 0.317 e. The van der Waals surface area contributed by atoms with Crippen LogP contribution in [0, 0.1) is 0 Å². The minimum atomic E-state index is -0.0658. The number of benzene rings is 1. The van der Waals surface area contributed by atoms with Crippen molar-refractivity contribution >= 4 is 6.03 Å². The number of carbonyl (C=O) groups excluding carboxylic acids is 1. The van der Waals surface area contributed by atoms with Crippen LogP contribution < -0.4 is 10.1 Å². The van der Waals surface area contributed by atoms with Gasteiger partial charge in [-0.1, -0.05) is 30.3 Å². The van der Waals surface area contributed by atoms with Crippen molar-refractivity contribution < 1.29 is 9.53 Å². The molecule has 1 aromatic heterocycles. The Morgan fingerprint density at radius 1 is 1.23 bits per heavy atom. The fraction of sp³-hybridized carbons (Fsp3) is 0.312. The number of amides is 2. The van der Waals surface area contributed by atoms with E-state index in [2.05, 4.69) is 15.3 Å². The van der Waals surface area contributed by atoms with Crippen LogP contribution in [0.25, 0.3) is 0 Å². The van der Waals surface area contributed by atoms with E-state index in [1.807, 2.05) is 30.3 Å². The van der Waals surface area contributed by atoms with Crippen LogP contribution in [0.1, 0.15) is 12.0 Å². The van der Waals surface area contributed by atoms with Crippen LogP contribution in [-0.2, 0) is 6.54 Å². The standard InChI is InChI=1S/C16H18N4O2/c21-16(19-11-13-5-2-1-3-6-13)20-10-7-14(12-20)22-15-17-8-4-9-18-15/h1-6,8-9,14H,7,10-12H2,(H,19,21)/t14-/m0/s1. The normalized spacial score (nSPS) is 17.3. The minimum absolute atomic E-state index is 0.0510. The van der Waals surface area contributed by atoms with Crippen LogP contribution in [0.15, 0.2) is 48.8 Å². The van der Waals surface area contributed by atoms with Gasteiger partial charge >= 0.3 is 12.0 Å². The molecule has 1 N–H and O–H groups in total. The van der Waals surface area contributed by atoms with Crippen molar-refractivity contribution in [3.63, 3.8) is 0 Å². The van der Waals surface area contributed by atoms with E-state index in [4.69, 9.17) is 4.74 Å². The predicted molar refractivity (Wildman–Crippen MR) is 81.3 cm³/mol. The Morgan fingerprint density at radius 3 is 2.77 bits per heavy atom. The zero-order chi connectivity index (χ0) is 15.2. The zero-order valence-corrected chi connectivity index (χ0v) is 12.2. The highest BCUT2D eigenvalue weighted by Crippen LogP contribution is 2.14. The molecule has 6 heteroatoms. The second-order valence-electron chi connectivity index (χ2n) is 5.15. The molecule has 1 aromatic carbocycles. The third kappa shape index (κ3) is 3.72. The average Bonchev–Trinajstić information content (AvgIpc) is 3.03. The van der Waals surface area contributed by atoms with Crippen molar-refractivity contribution in [2.45, 2.75) is 19.1 Å². The van der Waals surface area contributed by atoms with Gasteiger partial charge in [-0.2, -0.15) is 0 Å². The largest absolute Gasteiger partial charge is 0.458 e. The van der Waals surface area contributed by atoms with Crippen LogP contribution in [0.2, 0.25) is 0 Å². The molecule has 22 heavy (non-hydrogen) atoms. The van der Waals surface area contributed by atoms with E-state index in [0.29, 0.717) is 25.6 Å². The van der Waals surface area contributed by atoms with Crippen LogP contribution in [0.5, 0.6) is 6.01 Å². The van der Waals surface area contributed by atoms with Crippen molar-refractivity contribution in [3.05, 3.63) is 54.4 Å². The summed E-state index contributed by atoms with van der Waals surface area (Å²) in [7, 11) is 0. The highest BCUT2D eigenvalue weighted by molar-refractivity contribution is 5.74. The molecule has 0 unspecified atom stereocenters. The van der Waals surface area contributed by atoms with Crippen LogP contribution in [0.4, 0.5) is 4.79 Å². The number of nitrogens with one attached hydrogen (secondary N) is 1. The van der Waals surface area contributed by atoms with Gasteiger partial charge in [0.1, 0.15) is 6.10 Å². The summed E-state index contributed by atoms with van der Waals surface area (Å²) in [5.41, 5.74) is 1.08. The second kappa shape index (κ2) is 6.89. The van der Waals surface area contributed by atoms with Gasteiger partial charge in [-0.05, 0) is 11.6 Å². The van der Waals surface area contributed by atoms with E-state index >= 15 is 0 Å². The van der Waals surface area contributed by atoms with Crippen LogP contribution >= 0.6 is 0 Å². The summed E-state index contributed by atoms with van der Waals surface area (Å²) in [6.45, 7) is 1.76. The lowest BCUT2D eigenvalue weighted by Gasteiger charge is -2.17. The van der Waals surface area contributed by atoms with Gasteiger partial charge in [0.25, 0.3) is 0 Å². The van der Waals surface area contributed by atoms with Crippen LogP contribution in [0.3, 0.4) is 0 Å². The van der Waals surface area contributed by atoms with Gasteiger partial charge < -0.3 is 15.0 Å². The van der Waals surface area contributed by atoms with E-state index < -0.39 is 0 Å². The fourth-order valence-corrected chi connectivity index (χ4v) is 2.39. The monoisotopic (exact) mass is 298 g/mol. The highest BCUT2D eigenvalue weighted by Gasteiger charge is 2.27. The molecule has 1 fully saturated rings. The highest BCUT2D eigenvalue weighted by atomic mass is 16.5. The van der Waals surface area contributed by atoms with Gasteiger partial charge in [-0.3, -0.25) is 0 Å². The number of rotatable bonds is 4. The lowest BCUT2D eigenvalue weighted by molar-refractivity contribution is 0.178. The summed E-state index contributed by atoms with van der Waals surface area (Å²) < 4.78 is 5.67. The number of hydrogen-bond acceptors (Lipinski definition) is 4. The van der Waals surface area contributed by atoms with Gasteiger partial charge in [0, 0.05) is 31.9 Å². The molecule has 1 aliphatic heterocycles. The van der Waals surface area contributed by atoms with Crippen LogP contribution in [-0.4, -0.2) is 40.1 Å². The third-order valence-electron chi connectivity index (χ3n) is 3.53. The number of likely N-dealkylation sites (tertiary alicyclic amines) is 1. The first kappa shape index (κ1) is 14.3. The Kier molecular flexibility index (Phi) is 4.48. The summed E-state index contributed by atoms with van der Waals surface area (Å²) in [4.78, 5) is 22.0. The second-order valence-corrected chi connectivity index (χ2v) is 5.15. The topological polar surface area (TPSA) is 67.4 Å². The van der Waals surface area contributed by atoms with Crippen molar-refractivity contribution in [3.8, 4) is 6.01 Å². The summed E-state index contributed by atoms with van der Waals surface area (Å²) in [6, 6.07) is 11.9. The first-order valence-electron chi connectivity index (χ1n) is 7.31. The Labute approximate surface area is 129 Å². The number of aromatic nitrogens is 2. The molecule has 114 valence electrons. The summed E-state index contributed by atoms with van der Waals surface area (Å²) in [5, 5.41) is 2.93. The predicted octanol–water partition coefficient (Wildman–Crippen LogP) is 1.84. The summed E-state index contributed by atoms with van der Waals surface area (Å²) in [5.74, 6) is 0. The molecule has 1 atom stereocenters. The molecular formula is C16H18N4O2. The minimum Gasteiger partial charge on any atom is -0.458 e. The van der Waals surface area contributed by atoms with Crippen molar-refractivity contribution in [1.29, 1.82) is 0 Å². The van der Waals surface area contributed by atoms with Gasteiger partial charge in [0.15, 0.2) is 0 Å². The number of urea groups is 1. The zero-order valence-electron chi connectivity index (χ0n) is 12.2.